The Hall–Kier alpha value is -1.77. The van der Waals surface area contributed by atoms with Crippen molar-refractivity contribution in [1.29, 1.82) is 0 Å². The van der Waals surface area contributed by atoms with Crippen LogP contribution in [0.2, 0.25) is 10.0 Å². The van der Waals surface area contributed by atoms with Crippen molar-refractivity contribution in [2.45, 2.75) is 0 Å². The lowest BCUT2D eigenvalue weighted by Crippen LogP contribution is -2.13. The van der Waals surface area contributed by atoms with Gasteiger partial charge in [-0.2, -0.15) is 0 Å². The minimum absolute atomic E-state index is 0.574. The van der Waals surface area contributed by atoms with Gasteiger partial charge in [-0.15, -0.1) is 0 Å². The number of aldehydes is 1. The first-order chi connectivity index (χ1) is 10.0. The second kappa shape index (κ2) is 6.79. The summed E-state index contributed by atoms with van der Waals surface area (Å²) in [6, 6.07) is 14.7. The Balaban J connectivity index is 2.69. The molecule has 2 aromatic rings. The van der Waals surface area contributed by atoms with Crippen LogP contribution in [-0.4, -0.2) is 25.3 Å². The predicted molar refractivity (Wildman–Crippen MR) is 89.5 cm³/mol. The summed E-state index contributed by atoms with van der Waals surface area (Å²) in [5.74, 6) is 0. The average Bonchev–Trinajstić information content (AvgIpc) is 2.47. The zero-order valence-corrected chi connectivity index (χ0v) is 13.3. The summed E-state index contributed by atoms with van der Waals surface area (Å²) < 4.78 is 0. The summed E-state index contributed by atoms with van der Waals surface area (Å²) in [6.07, 6.45) is 0.849. The van der Waals surface area contributed by atoms with Gasteiger partial charge in [-0.3, -0.25) is 4.79 Å². The zero-order chi connectivity index (χ0) is 15.4. The molecule has 0 amide bonds. The largest absolute Gasteiger partial charge is 0.377 e. The number of benzene rings is 2. The van der Waals surface area contributed by atoms with Crippen LogP contribution < -0.4 is 0 Å². The maximum absolute atomic E-state index is 11.7. The van der Waals surface area contributed by atoms with E-state index in [2.05, 4.69) is 0 Å². The van der Waals surface area contributed by atoms with Gasteiger partial charge in [0, 0.05) is 35.3 Å². The molecule has 0 aliphatic carbocycles. The molecule has 0 bridgehead atoms. The molecule has 21 heavy (non-hydrogen) atoms. The highest BCUT2D eigenvalue weighted by Gasteiger charge is 2.15. The van der Waals surface area contributed by atoms with Gasteiger partial charge in [0.1, 0.15) is 0 Å². The van der Waals surface area contributed by atoms with Gasteiger partial charge in [-0.25, -0.2) is 0 Å². The third-order valence-electron chi connectivity index (χ3n) is 3.10. The van der Waals surface area contributed by atoms with E-state index in [1.807, 2.05) is 55.4 Å². The smallest absolute Gasteiger partial charge is 0.152 e. The van der Waals surface area contributed by atoms with E-state index in [1.54, 1.807) is 12.1 Å². The van der Waals surface area contributed by atoms with Gasteiger partial charge in [0.25, 0.3) is 0 Å². The molecule has 0 N–H and O–H groups in total. The molecule has 0 saturated heterocycles. The lowest BCUT2D eigenvalue weighted by atomic mass is 10.00. The SMILES string of the molecule is CN(C)C(=C(C=O)c1ccc(Cl)cc1)c1ccccc1Cl. The normalized spacial score (nSPS) is 11.8. The van der Waals surface area contributed by atoms with Crippen LogP contribution in [-0.2, 0) is 4.79 Å². The van der Waals surface area contributed by atoms with E-state index in [-0.39, 0.29) is 0 Å². The molecule has 0 radical (unpaired) electrons. The first-order valence-corrected chi connectivity index (χ1v) is 7.18. The van der Waals surface area contributed by atoms with Crippen molar-refractivity contribution in [1.82, 2.24) is 4.90 Å². The van der Waals surface area contributed by atoms with E-state index in [1.165, 1.54) is 0 Å². The van der Waals surface area contributed by atoms with Gasteiger partial charge in [0.2, 0.25) is 0 Å². The Bertz CT molecular complexity index is 675. The molecule has 0 aliphatic rings. The number of hydrogen-bond donors (Lipinski definition) is 0. The second-order valence-corrected chi connectivity index (χ2v) is 5.60. The molecule has 0 spiro atoms. The molecule has 0 saturated carbocycles. The summed E-state index contributed by atoms with van der Waals surface area (Å²) in [5, 5.41) is 1.24. The van der Waals surface area contributed by atoms with E-state index < -0.39 is 0 Å². The monoisotopic (exact) mass is 319 g/mol. The molecule has 4 heteroatoms. The van der Waals surface area contributed by atoms with Crippen LogP contribution in [0.4, 0.5) is 0 Å². The highest BCUT2D eigenvalue weighted by atomic mass is 35.5. The summed E-state index contributed by atoms with van der Waals surface area (Å²) >= 11 is 12.2. The highest BCUT2D eigenvalue weighted by molar-refractivity contribution is 6.33. The van der Waals surface area contributed by atoms with E-state index in [4.69, 9.17) is 23.2 Å². The molecule has 2 rings (SSSR count). The lowest BCUT2D eigenvalue weighted by Gasteiger charge is -2.21. The summed E-state index contributed by atoms with van der Waals surface area (Å²) in [6.45, 7) is 0. The Kier molecular flexibility index (Phi) is 5.05. The molecule has 0 atom stereocenters. The molecule has 108 valence electrons. The van der Waals surface area contributed by atoms with Crippen molar-refractivity contribution in [2.75, 3.05) is 14.1 Å². The maximum atomic E-state index is 11.7. The Morgan fingerprint density at radius 1 is 1.00 bits per heavy atom. The van der Waals surface area contributed by atoms with Gasteiger partial charge in [0.05, 0.1) is 5.70 Å². The average molecular weight is 320 g/mol. The molecule has 0 aromatic heterocycles. The number of carbonyl (C=O) groups is 1. The first kappa shape index (κ1) is 15.6. The molecule has 0 heterocycles. The van der Waals surface area contributed by atoms with Crippen LogP contribution >= 0.6 is 23.2 Å². The third kappa shape index (κ3) is 3.46. The molecule has 0 unspecified atom stereocenters. The van der Waals surface area contributed by atoms with Crippen LogP contribution in [0.3, 0.4) is 0 Å². The Morgan fingerprint density at radius 3 is 2.14 bits per heavy atom. The highest BCUT2D eigenvalue weighted by Crippen LogP contribution is 2.31. The number of rotatable bonds is 4. The van der Waals surface area contributed by atoms with Crippen molar-refractivity contribution in [3.63, 3.8) is 0 Å². The fourth-order valence-electron chi connectivity index (χ4n) is 2.17. The molecule has 0 aliphatic heterocycles. The minimum Gasteiger partial charge on any atom is -0.377 e. The predicted octanol–water partition coefficient (Wildman–Crippen LogP) is 4.62. The van der Waals surface area contributed by atoms with Gasteiger partial charge in [0.15, 0.2) is 6.29 Å². The van der Waals surface area contributed by atoms with Gasteiger partial charge < -0.3 is 4.90 Å². The van der Waals surface area contributed by atoms with Crippen LogP contribution in [0, 0.1) is 0 Å². The number of carbonyl (C=O) groups excluding carboxylic acids is 1. The van der Waals surface area contributed by atoms with Gasteiger partial charge in [-0.1, -0.05) is 53.5 Å². The van der Waals surface area contributed by atoms with Gasteiger partial charge >= 0.3 is 0 Å². The summed E-state index contributed by atoms with van der Waals surface area (Å²) in [4.78, 5) is 13.5. The Morgan fingerprint density at radius 2 is 1.62 bits per heavy atom. The topological polar surface area (TPSA) is 20.3 Å². The number of hydrogen-bond acceptors (Lipinski definition) is 2. The lowest BCUT2D eigenvalue weighted by molar-refractivity contribution is -0.103. The number of nitrogens with zero attached hydrogens (tertiary/aromatic N) is 1. The molecule has 0 fully saturated rings. The fourth-order valence-corrected chi connectivity index (χ4v) is 2.52. The van der Waals surface area contributed by atoms with Crippen molar-refractivity contribution in [2.24, 2.45) is 0 Å². The molecule has 2 nitrogen and oxygen atoms in total. The van der Waals surface area contributed by atoms with E-state index in [0.717, 1.165) is 23.1 Å². The molecular weight excluding hydrogens is 305 g/mol. The van der Waals surface area contributed by atoms with E-state index in [0.29, 0.717) is 15.6 Å². The number of halogens is 2. The van der Waals surface area contributed by atoms with Crippen molar-refractivity contribution >= 4 is 40.8 Å². The van der Waals surface area contributed by atoms with Crippen LogP contribution in [0.5, 0.6) is 0 Å². The molecule has 2 aromatic carbocycles. The van der Waals surface area contributed by atoms with Crippen molar-refractivity contribution < 1.29 is 4.79 Å². The third-order valence-corrected chi connectivity index (χ3v) is 3.69. The fraction of sp³-hybridized carbons (Fsp3) is 0.118. The standard InChI is InChI=1S/C17H15Cl2NO/c1-20(2)17(14-5-3-4-6-16(14)19)15(11-21)12-7-9-13(18)10-8-12/h3-11H,1-2H3. The second-order valence-electron chi connectivity index (χ2n) is 4.76. The number of allylic oxidation sites excluding steroid dienone is 1. The molecular formula is C17H15Cl2NO. The maximum Gasteiger partial charge on any atom is 0.152 e. The van der Waals surface area contributed by atoms with Crippen molar-refractivity contribution in [3.05, 3.63) is 69.7 Å². The van der Waals surface area contributed by atoms with Crippen molar-refractivity contribution in [3.8, 4) is 0 Å². The van der Waals surface area contributed by atoms with Crippen LogP contribution in [0.25, 0.3) is 11.3 Å². The van der Waals surface area contributed by atoms with Crippen LogP contribution in [0.15, 0.2) is 48.5 Å². The quantitative estimate of drug-likeness (QED) is 0.465. The Labute approximate surface area is 134 Å². The first-order valence-electron chi connectivity index (χ1n) is 6.42. The summed E-state index contributed by atoms with van der Waals surface area (Å²) in [5.41, 5.74) is 2.97. The minimum atomic E-state index is 0.574. The van der Waals surface area contributed by atoms with Gasteiger partial charge in [-0.05, 0) is 23.8 Å². The summed E-state index contributed by atoms with van der Waals surface area (Å²) in [7, 11) is 3.77. The van der Waals surface area contributed by atoms with E-state index >= 15 is 0 Å². The van der Waals surface area contributed by atoms with E-state index in [9.17, 15) is 4.79 Å². The van der Waals surface area contributed by atoms with Crippen LogP contribution in [0.1, 0.15) is 11.1 Å². The zero-order valence-electron chi connectivity index (χ0n) is 11.8.